The minimum atomic E-state index is -0.345. The first kappa shape index (κ1) is 17.2. The van der Waals surface area contributed by atoms with Crippen molar-refractivity contribution in [3.63, 3.8) is 0 Å². The van der Waals surface area contributed by atoms with Gasteiger partial charge in [0, 0.05) is 18.6 Å². The van der Waals surface area contributed by atoms with Gasteiger partial charge in [0.25, 0.3) is 0 Å². The molecule has 1 aliphatic rings. The minimum absolute atomic E-state index is 0.345. The summed E-state index contributed by atoms with van der Waals surface area (Å²) in [6.45, 7) is 6.68. The van der Waals surface area contributed by atoms with Crippen molar-refractivity contribution in [3.05, 3.63) is 53.7 Å². The Morgan fingerprint density at radius 3 is 2.76 bits per heavy atom. The highest BCUT2D eigenvalue weighted by Gasteiger charge is 2.23. The average Bonchev–Trinajstić information content (AvgIpc) is 3.24. The molecule has 1 aliphatic carbocycles. The van der Waals surface area contributed by atoms with Crippen molar-refractivity contribution in [1.29, 1.82) is 0 Å². The van der Waals surface area contributed by atoms with Gasteiger partial charge in [-0.25, -0.2) is 9.78 Å². The van der Waals surface area contributed by atoms with E-state index in [1.54, 1.807) is 17.8 Å². The molecule has 25 heavy (non-hydrogen) atoms. The fourth-order valence-electron chi connectivity index (χ4n) is 2.73. The van der Waals surface area contributed by atoms with Crippen LogP contribution >= 0.6 is 0 Å². The molecule has 6 heteroatoms. The van der Waals surface area contributed by atoms with Crippen molar-refractivity contribution in [1.82, 2.24) is 19.2 Å². The van der Waals surface area contributed by atoms with Gasteiger partial charge in [-0.1, -0.05) is 19.9 Å². The van der Waals surface area contributed by atoms with Crippen molar-refractivity contribution in [2.24, 2.45) is 0 Å². The Labute approximate surface area is 147 Å². The quantitative estimate of drug-likeness (QED) is 0.665. The van der Waals surface area contributed by atoms with E-state index < -0.39 is 0 Å². The molecule has 0 N–H and O–H groups in total. The molecule has 4 rings (SSSR count). The molecule has 0 bridgehead atoms. The van der Waals surface area contributed by atoms with E-state index in [1.165, 1.54) is 24.6 Å². The van der Waals surface area contributed by atoms with Crippen LogP contribution in [-0.4, -0.2) is 31.7 Å². The van der Waals surface area contributed by atoms with Crippen molar-refractivity contribution in [2.75, 3.05) is 6.61 Å². The fraction of sp³-hybridized carbons (Fsp3) is 0.421. The van der Waals surface area contributed by atoms with E-state index in [0.29, 0.717) is 18.7 Å². The maximum atomic E-state index is 11.7. The highest BCUT2D eigenvalue weighted by Crippen LogP contribution is 2.39. The Balaban J connectivity index is 0.000000880. The van der Waals surface area contributed by atoms with E-state index in [0.717, 1.165) is 17.3 Å². The van der Waals surface area contributed by atoms with Gasteiger partial charge in [0.2, 0.25) is 0 Å². The van der Waals surface area contributed by atoms with Crippen LogP contribution in [0.2, 0.25) is 0 Å². The maximum Gasteiger partial charge on any atom is 0.341 e. The molecule has 3 aromatic heterocycles. The number of carbonyl (C=O) groups is 1. The van der Waals surface area contributed by atoms with Crippen molar-refractivity contribution < 1.29 is 9.53 Å². The highest BCUT2D eigenvalue weighted by molar-refractivity contribution is 5.88. The molecule has 0 aliphatic heterocycles. The summed E-state index contributed by atoms with van der Waals surface area (Å²) in [5, 5.41) is 4.21. The molecule has 3 aromatic rings. The first-order valence-electron chi connectivity index (χ1n) is 8.90. The van der Waals surface area contributed by atoms with Crippen LogP contribution in [-0.2, 0) is 11.3 Å². The summed E-state index contributed by atoms with van der Waals surface area (Å²) in [6.07, 6.45) is 9.98. The summed E-state index contributed by atoms with van der Waals surface area (Å²) >= 11 is 0. The van der Waals surface area contributed by atoms with Gasteiger partial charge in [-0.05, 0) is 37.3 Å². The Morgan fingerprint density at radius 2 is 2.04 bits per heavy atom. The molecule has 0 radical (unpaired) electrons. The first-order chi connectivity index (χ1) is 12.2. The van der Waals surface area contributed by atoms with Crippen LogP contribution in [0.25, 0.3) is 5.65 Å². The van der Waals surface area contributed by atoms with Gasteiger partial charge in [-0.3, -0.25) is 4.68 Å². The molecule has 0 unspecified atom stereocenters. The third kappa shape index (κ3) is 3.90. The van der Waals surface area contributed by atoms with E-state index in [2.05, 4.69) is 32.8 Å². The lowest BCUT2D eigenvalue weighted by Crippen LogP contribution is -2.04. The van der Waals surface area contributed by atoms with E-state index in [4.69, 9.17) is 4.74 Å². The van der Waals surface area contributed by atoms with Crippen molar-refractivity contribution in [3.8, 4) is 0 Å². The normalized spacial score (nSPS) is 13.4. The van der Waals surface area contributed by atoms with Crippen LogP contribution in [0.1, 0.15) is 61.1 Å². The zero-order valence-electron chi connectivity index (χ0n) is 15.0. The first-order valence-corrected chi connectivity index (χ1v) is 8.90. The molecule has 0 aromatic carbocycles. The van der Waals surface area contributed by atoms with Gasteiger partial charge in [-0.15, -0.1) is 0 Å². The zero-order valence-corrected chi connectivity index (χ0v) is 15.0. The van der Waals surface area contributed by atoms with Crippen LogP contribution in [0.3, 0.4) is 0 Å². The number of fused-ring (bicyclic) bond motifs is 1. The smallest absolute Gasteiger partial charge is 0.341 e. The third-order valence-electron chi connectivity index (χ3n) is 4.04. The predicted octanol–water partition coefficient (Wildman–Crippen LogP) is 3.66. The number of nitrogens with zero attached hydrogens (tertiary/aromatic N) is 4. The molecule has 1 fully saturated rings. The summed E-state index contributed by atoms with van der Waals surface area (Å²) in [4.78, 5) is 16.3. The second-order valence-electron chi connectivity index (χ2n) is 5.88. The summed E-state index contributed by atoms with van der Waals surface area (Å²) in [5.74, 6) is 0.381. The molecular formula is C19H24N4O2. The topological polar surface area (TPSA) is 61.4 Å². The molecule has 0 saturated heterocycles. The molecule has 3 heterocycles. The lowest BCUT2D eigenvalue weighted by atomic mass is 10.2. The maximum absolute atomic E-state index is 11.7. The highest BCUT2D eigenvalue weighted by atomic mass is 16.5. The molecule has 1 saturated carbocycles. The van der Waals surface area contributed by atoms with E-state index in [-0.39, 0.29) is 5.97 Å². The van der Waals surface area contributed by atoms with Crippen LogP contribution in [0, 0.1) is 0 Å². The third-order valence-corrected chi connectivity index (χ3v) is 4.04. The monoisotopic (exact) mass is 340 g/mol. The van der Waals surface area contributed by atoms with Crippen LogP contribution < -0.4 is 0 Å². The van der Waals surface area contributed by atoms with Gasteiger partial charge in [0.05, 0.1) is 30.6 Å². The number of ether oxygens (including phenoxy) is 1. The standard InChI is InChI=1S/C17H18N4O2.C2H6/c1-2-23-17(22)14-7-18-21(9-14)11-15-10-20-8-13(12-3-4-12)5-6-16(20)19-15;1-2/h5-10,12H,2-4,11H2,1H3;1-2H3. The second kappa shape index (κ2) is 7.51. The zero-order chi connectivity index (χ0) is 17.8. The van der Waals surface area contributed by atoms with Crippen molar-refractivity contribution >= 4 is 11.6 Å². The number of esters is 1. The van der Waals surface area contributed by atoms with Gasteiger partial charge in [0.1, 0.15) is 5.65 Å². The Bertz CT molecular complexity index is 861. The number of aromatic nitrogens is 4. The lowest BCUT2D eigenvalue weighted by molar-refractivity contribution is 0.0526. The number of rotatable bonds is 5. The van der Waals surface area contributed by atoms with E-state index in [9.17, 15) is 4.79 Å². The lowest BCUT2D eigenvalue weighted by Gasteiger charge is -1.98. The summed E-state index contributed by atoms with van der Waals surface area (Å²) in [7, 11) is 0. The second-order valence-corrected chi connectivity index (χ2v) is 5.88. The van der Waals surface area contributed by atoms with Gasteiger partial charge in [0.15, 0.2) is 0 Å². The molecule has 0 atom stereocenters. The number of carbonyl (C=O) groups excluding carboxylic acids is 1. The van der Waals surface area contributed by atoms with Gasteiger partial charge >= 0.3 is 5.97 Å². The number of pyridine rings is 1. The summed E-state index contributed by atoms with van der Waals surface area (Å²) in [5.41, 5.74) is 3.69. The number of imidazole rings is 1. The number of hydrogen-bond donors (Lipinski definition) is 0. The molecule has 0 spiro atoms. The van der Waals surface area contributed by atoms with E-state index in [1.807, 2.05) is 20.0 Å². The molecular weight excluding hydrogens is 316 g/mol. The van der Waals surface area contributed by atoms with Crippen LogP contribution in [0.5, 0.6) is 0 Å². The van der Waals surface area contributed by atoms with Crippen LogP contribution in [0.15, 0.2) is 36.9 Å². The van der Waals surface area contributed by atoms with Crippen molar-refractivity contribution in [2.45, 2.75) is 46.1 Å². The SMILES string of the molecule is CC.CCOC(=O)c1cnn(Cc2cn3cc(C4CC4)ccc3n2)c1. The summed E-state index contributed by atoms with van der Waals surface area (Å²) < 4.78 is 8.74. The van der Waals surface area contributed by atoms with Crippen LogP contribution in [0.4, 0.5) is 0 Å². The molecule has 132 valence electrons. The Hall–Kier alpha value is -2.63. The number of hydrogen-bond acceptors (Lipinski definition) is 4. The molecule has 6 nitrogen and oxygen atoms in total. The largest absolute Gasteiger partial charge is 0.462 e. The fourth-order valence-corrected chi connectivity index (χ4v) is 2.73. The Morgan fingerprint density at radius 1 is 1.24 bits per heavy atom. The predicted molar refractivity (Wildman–Crippen MR) is 95.8 cm³/mol. The summed E-state index contributed by atoms with van der Waals surface area (Å²) in [6, 6.07) is 4.22. The minimum Gasteiger partial charge on any atom is -0.462 e. The van der Waals surface area contributed by atoms with Gasteiger partial charge < -0.3 is 9.14 Å². The Kier molecular flexibility index (Phi) is 5.16. The molecule has 0 amide bonds. The van der Waals surface area contributed by atoms with E-state index >= 15 is 0 Å². The van der Waals surface area contributed by atoms with Gasteiger partial charge in [-0.2, -0.15) is 5.10 Å². The average molecular weight is 340 g/mol.